The van der Waals surface area contributed by atoms with E-state index in [0.29, 0.717) is 0 Å². The predicted octanol–water partition coefficient (Wildman–Crippen LogP) is 12.2. The number of benzene rings is 5. The summed E-state index contributed by atoms with van der Waals surface area (Å²) in [5.74, 6) is 3.39. The maximum Gasteiger partial charge on any atom is 0.0555 e. The van der Waals surface area contributed by atoms with Crippen molar-refractivity contribution in [2.75, 3.05) is 4.90 Å². The molecule has 11 rings (SSSR count). The number of rotatable bonds is 3. The SMILES string of the molecule is Cc1cc(C)c(N(c2ccc3c(c2)C2(c4ccccc4-3)C3CC4CC(C3)CC2C4)c2cccc3sc4ccccc4c23)c(C)c1. The van der Waals surface area contributed by atoms with Crippen LogP contribution in [-0.4, -0.2) is 0 Å². The van der Waals surface area contributed by atoms with Gasteiger partial charge in [-0.25, -0.2) is 0 Å². The maximum absolute atomic E-state index is 2.66. The van der Waals surface area contributed by atoms with Crippen LogP contribution in [-0.2, 0) is 5.41 Å². The number of nitrogens with zero attached hydrogens (tertiary/aromatic N) is 1. The van der Waals surface area contributed by atoms with Gasteiger partial charge in [0.05, 0.1) is 11.4 Å². The molecule has 5 aliphatic rings. The molecule has 1 aromatic heterocycles. The second-order valence-electron chi connectivity index (χ2n) is 14.8. The van der Waals surface area contributed by atoms with E-state index < -0.39 is 0 Å². The molecule has 222 valence electrons. The third kappa shape index (κ3) is 3.50. The van der Waals surface area contributed by atoms with Crippen LogP contribution in [0.25, 0.3) is 31.3 Å². The Morgan fingerprint density at radius 1 is 0.622 bits per heavy atom. The van der Waals surface area contributed by atoms with Crippen molar-refractivity contribution < 1.29 is 0 Å². The van der Waals surface area contributed by atoms with E-state index in [-0.39, 0.29) is 5.41 Å². The van der Waals surface area contributed by atoms with Crippen LogP contribution in [0.2, 0.25) is 0 Å². The number of hydrogen-bond acceptors (Lipinski definition) is 2. The monoisotopic (exact) mass is 601 g/mol. The van der Waals surface area contributed by atoms with Gasteiger partial charge in [-0.2, -0.15) is 0 Å². The first-order chi connectivity index (χ1) is 22.0. The van der Waals surface area contributed by atoms with Gasteiger partial charge in [0.25, 0.3) is 0 Å². The molecule has 2 heteroatoms. The lowest BCUT2D eigenvalue weighted by Gasteiger charge is -2.61. The lowest BCUT2D eigenvalue weighted by molar-refractivity contribution is -0.0399. The van der Waals surface area contributed by atoms with Crippen LogP contribution in [0.15, 0.2) is 97.1 Å². The Labute approximate surface area is 270 Å². The highest BCUT2D eigenvalue weighted by atomic mass is 32.1. The summed E-state index contributed by atoms with van der Waals surface area (Å²) in [4.78, 5) is 2.62. The van der Waals surface area contributed by atoms with Gasteiger partial charge < -0.3 is 4.90 Å². The van der Waals surface area contributed by atoms with E-state index in [0.717, 1.165) is 23.7 Å². The molecule has 0 aliphatic heterocycles. The minimum atomic E-state index is 0.152. The summed E-state index contributed by atoms with van der Waals surface area (Å²) in [6, 6.07) is 37.7. The molecule has 0 atom stereocenters. The first kappa shape index (κ1) is 26.3. The number of hydrogen-bond donors (Lipinski definition) is 0. The summed E-state index contributed by atoms with van der Waals surface area (Å²) in [5, 5.41) is 2.72. The molecule has 5 aromatic carbocycles. The van der Waals surface area contributed by atoms with Crippen LogP contribution in [0, 0.1) is 44.4 Å². The molecule has 4 bridgehead atoms. The van der Waals surface area contributed by atoms with E-state index in [2.05, 4.69) is 123 Å². The van der Waals surface area contributed by atoms with Gasteiger partial charge in [0.15, 0.2) is 0 Å². The fourth-order valence-electron chi connectivity index (χ4n) is 11.1. The molecule has 5 aliphatic carbocycles. The highest BCUT2D eigenvalue weighted by Crippen LogP contribution is 2.69. The van der Waals surface area contributed by atoms with Crippen molar-refractivity contribution in [2.45, 2.75) is 58.3 Å². The Morgan fingerprint density at radius 2 is 1.29 bits per heavy atom. The zero-order valence-corrected chi connectivity index (χ0v) is 27.3. The third-order valence-corrected chi connectivity index (χ3v) is 13.4. The molecule has 45 heavy (non-hydrogen) atoms. The lowest BCUT2D eigenvalue weighted by atomic mass is 9.43. The fourth-order valence-corrected chi connectivity index (χ4v) is 12.3. The van der Waals surface area contributed by atoms with E-state index in [1.165, 1.54) is 97.2 Å². The standard InChI is InChI=1S/C43H39NS/c1-25-17-26(2)42(27(3)18-25)44(38-12-8-14-40-41(38)35-10-5-7-13-39(35)45-40)32-15-16-34-33-9-4-6-11-36(33)43(37(34)24-32)30-20-28-19-29(22-30)23-31(43)21-28/h4-18,24,28-31H,19-23H2,1-3H3. The van der Waals surface area contributed by atoms with Crippen LogP contribution < -0.4 is 4.90 Å². The Balaban J connectivity index is 1.26. The normalized spacial score (nSPS) is 25.8. The van der Waals surface area contributed by atoms with Crippen LogP contribution in [0.5, 0.6) is 0 Å². The van der Waals surface area contributed by atoms with Gasteiger partial charge >= 0.3 is 0 Å². The van der Waals surface area contributed by atoms with Gasteiger partial charge in [-0.3, -0.25) is 0 Å². The minimum absolute atomic E-state index is 0.152. The average Bonchev–Trinajstić information content (AvgIpc) is 3.55. The molecule has 6 aromatic rings. The van der Waals surface area contributed by atoms with Crippen molar-refractivity contribution in [3.05, 3.63) is 125 Å². The molecule has 4 fully saturated rings. The van der Waals surface area contributed by atoms with Crippen molar-refractivity contribution >= 4 is 48.6 Å². The Bertz CT molecular complexity index is 2130. The van der Waals surface area contributed by atoms with E-state index in [9.17, 15) is 0 Å². The van der Waals surface area contributed by atoms with Gasteiger partial charge in [-0.1, -0.05) is 72.3 Å². The molecule has 0 amide bonds. The Kier molecular flexibility index (Phi) is 5.46. The zero-order chi connectivity index (χ0) is 30.0. The molecular formula is C43H39NS. The molecule has 0 radical (unpaired) electrons. The number of aryl methyl sites for hydroxylation is 3. The fraction of sp³-hybridized carbons (Fsp3) is 0.302. The molecule has 1 spiro atoms. The van der Waals surface area contributed by atoms with Crippen LogP contribution >= 0.6 is 11.3 Å². The van der Waals surface area contributed by atoms with E-state index in [1.807, 2.05) is 11.3 Å². The molecule has 0 N–H and O–H groups in total. The van der Waals surface area contributed by atoms with Crippen molar-refractivity contribution in [1.82, 2.24) is 0 Å². The van der Waals surface area contributed by atoms with Gasteiger partial charge in [-0.15, -0.1) is 11.3 Å². The largest absolute Gasteiger partial charge is 0.309 e. The van der Waals surface area contributed by atoms with Crippen molar-refractivity contribution in [1.29, 1.82) is 0 Å². The lowest BCUT2D eigenvalue weighted by Crippen LogP contribution is -2.55. The van der Waals surface area contributed by atoms with Gasteiger partial charge in [0, 0.05) is 31.3 Å². The number of fused-ring (bicyclic) bond motifs is 6. The minimum Gasteiger partial charge on any atom is -0.309 e. The van der Waals surface area contributed by atoms with Gasteiger partial charge in [0.1, 0.15) is 0 Å². The van der Waals surface area contributed by atoms with Crippen LogP contribution in [0.4, 0.5) is 17.1 Å². The molecule has 1 heterocycles. The van der Waals surface area contributed by atoms with Crippen molar-refractivity contribution in [3.63, 3.8) is 0 Å². The Morgan fingerprint density at radius 3 is 2.07 bits per heavy atom. The second kappa shape index (κ2) is 9.33. The predicted molar refractivity (Wildman–Crippen MR) is 191 cm³/mol. The van der Waals surface area contributed by atoms with E-state index >= 15 is 0 Å². The Hall–Kier alpha value is -3.88. The van der Waals surface area contributed by atoms with Crippen LogP contribution in [0.3, 0.4) is 0 Å². The van der Waals surface area contributed by atoms with Gasteiger partial charge in [-0.05, 0) is 140 Å². The smallest absolute Gasteiger partial charge is 0.0555 e. The highest BCUT2D eigenvalue weighted by Gasteiger charge is 2.61. The zero-order valence-electron chi connectivity index (χ0n) is 26.4. The first-order valence-corrected chi connectivity index (χ1v) is 17.8. The topological polar surface area (TPSA) is 3.24 Å². The first-order valence-electron chi connectivity index (χ1n) is 17.0. The number of thiophene rings is 1. The summed E-state index contributed by atoms with van der Waals surface area (Å²) >= 11 is 1.91. The molecule has 4 saturated carbocycles. The quantitative estimate of drug-likeness (QED) is 0.195. The summed E-state index contributed by atoms with van der Waals surface area (Å²) in [7, 11) is 0. The summed E-state index contributed by atoms with van der Waals surface area (Å²) in [5.41, 5.74) is 14.3. The summed E-state index contributed by atoms with van der Waals surface area (Å²) in [6.45, 7) is 6.83. The number of anilines is 3. The van der Waals surface area contributed by atoms with Crippen molar-refractivity contribution in [2.24, 2.45) is 23.7 Å². The highest BCUT2D eigenvalue weighted by molar-refractivity contribution is 7.26. The molecule has 1 nitrogen and oxygen atoms in total. The van der Waals surface area contributed by atoms with Gasteiger partial charge in [0.2, 0.25) is 0 Å². The molecule has 0 saturated heterocycles. The van der Waals surface area contributed by atoms with Crippen molar-refractivity contribution in [3.8, 4) is 11.1 Å². The van der Waals surface area contributed by atoms with Crippen LogP contribution in [0.1, 0.15) is 59.9 Å². The molecular weight excluding hydrogens is 563 g/mol. The second-order valence-corrected chi connectivity index (χ2v) is 15.9. The van der Waals surface area contributed by atoms with E-state index in [4.69, 9.17) is 0 Å². The van der Waals surface area contributed by atoms with E-state index in [1.54, 1.807) is 11.1 Å². The average molecular weight is 602 g/mol. The maximum atomic E-state index is 2.66. The molecule has 0 unspecified atom stereocenters. The summed E-state index contributed by atoms with van der Waals surface area (Å²) < 4.78 is 2.71. The third-order valence-electron chi connectivity index (χ3n) is 12.3. The summed E-state index contributed by atoms with van der Waals surface area (Å²) in [6.07, 6.45) is 7.11.